The number of carbonyl (C=O) groups is 3. The van der Waals surface area contributed by atoms with Crippen molar-refractivity contribution in [2.75, 3.05) is 26.2 Å². The fourth-order valence-corrected chi connectivity index (χ4v) is 2.61. The monoisotopic (exact) mass is 386 g/mol. The molecule has 0 saturated carbocycles. The second kappa shape index (κ2) is 9.49. The van der Waals surface area contributed by atoms with E-state index in [0.29, 0.717) is 18.7 Å². The number of nitrogens with zero attached hydrogens (tertiary/aromatic N) is 1. The van der Waals surface area contributed by atoms with Crippen LogP contribution in [0.4, 0.5) is 9.18 Å². The maximum Gasteiger partial charge on any atom is 0.325 e. The highest BCUT2D eigenvalue weighted by atomic mass is 35.5. The van der Waals surface area contributed by atoms with Crippen LogP contribution in [0.1, 0.15) is 25.8 Å². The van der Waals surface area contributed by atoms with Gasteiger partial charge < -0.3 is 16.0 Å². The Balaban J connectivity index is 0.00000338. The van der Waals surface area contributed by atoms with E-state index in [-0.39, 0.29) is 19.0 Å². The molecule has 2 rings (SSSR count). The fraction of sp³-hybridized carbons (Fsp3) is 0.471. The van der Waals surface area contributed by atoms with Crippen LogP contribution in [0.3, 0.4) is 0 Å². The van der Waals surface area contributed by atoms with Crippen molar-refractivity contribution in [1.82, 2.24) is 20.9 Å². The Kier molecular flexibility index (Phi) is 7.98. The van der Waals surface area contributed by atoms with Crippen molar-refractivity contribution in [2.45, 2.75) is 25.8 Å². The highest BCUT2D eigenvalue weighted by Crippen LogP contribution is 2.28. The molecule has 1 heterocycles. The molecule has 0 aromatic heterocycles. The van der Waals surface area contributed by atoms with E-state index in [0.717, 1.165) is 17.9 Å². The molecule has 144 valence electrons. The van der Waals surface area contributed by atoms with Gasteiger partial charge in [0.15, 0.2) is 0 Å². The summed E-state index contributed by atoms with van der Waals surface area (Å²) in [6.07, 6.45) is 0.998. The van der Waals surface area contributed by atoms with Crippen LogP contribution in [-0.4, -0.2) is 48.9 Å². The van der Waals surface area contributed by atoms with E-state index in [2.05, 4.69) is 16.0 Å². The van der Waals surface area contributed by atoms with Crippen molar-refractivity contribution >= 4 is 30.3 Å². The molecule has 0 radical (unpaired) electrons. The summed E-state index contributed by atoms with van der Waals surface area (Å²) < 4.78 is 13.1. The van der Waals surface area contributed by atoms with Crippen LogP contribution in [0, 0.1) is 5.82 Å². The lowest BCUT2D eigenvalue weighted by Crippen LogP contribution is -2.44. The predicted molar refractivity (Wildman–Crippen MR) is 97.4 cm³/mol. The van der Waals surface area contributed by atoms with Crippen LogP contribution in [0.2, 0.25) is 0 Å². The molecule has 1 saturated heterocycles. The minimum Gasteiger partial charge on any atom is -0.353 e. The molecule has 7 nitrogen and oxygen atoms in total. The third-order valence-electron chi connectivity index (χ3n) is 4.05. The molecule has 26 heavy (non-hydrogen) atoms. The summed E-state index contributed by atoms with van der Waals surface area (Å²) in [5.41, 5.74) is -0.854. The van der Waals surface area contributed by atoms with Crippen molar-refractivity contribution < 1.29 is 18.8 Å². The minimum absolute atomic E-state index is 0. The molecule has 1 aliphatic heterocycles. The normalized spacial score (nSPS) is 19.1. The van der Waals surface area contributed by atoms with Crippen LogP contribution in [-0.2, 0) is 15.1 Å². The Morgan fingerprint density at radius 3 is 2.46 bits per heavy atom. The molecule has 0 bridgehead atoms. The molecule has 0 aliphatic carbocycles. The number of imide groups is 1. The molecule has 1 unspecified atom stereocenters. The van der Waals surface area contributed by atoms with E-state index in [1.807, 2.05) is 6.92 Å². The van der Waals surface area contributed by atoms with E-state index in [9.17, 15) is 18.8 Å². The third-order valence-corrected chi connectivity index (χ3v) is 4.05. The number of rotatable bonds is 8. The topological polar surface area (TPSA) is 90.5 Å². The Bertz CT molecular complexity index is 656. The zero-order valence-electron chi connectivity index (χ0n) is 14.8. The van der Waals surface area contributed by atoms with Crippen molar-refractivity contribution in [2.24, 2.45) is 0 Å². The van der Waals surface area contributed by atoms with Gasteiger partial charge in [0.2, 0.25) is 5.91 Å². The standard InChI is InChI=1S/C17H23FN4O3.ClH/c1-3-8-19-9-10-20-14(23)11-22-15(24)17(2,21-16(22)25)12-4-6-13(18)7-5-12;/h4-7,19H,3,8-11H2,1-2H3,(H,20,23)(H,21,25);1H. The molecule has 3 N–H and O–H groups in total. The van der Waals surface area contributed by atoms with Gasteiger partial charge in [-0.05, 0) is 37.6 Å². The van der Waals surface area contributed by atoms with Crippen molar-refractivity contribution in [3.05, 3.63) is 35.6 Å². The molecular formula is C17H24ClFN4O3. The van der Waals surface area contributed by atoms with Crippen LogP contribution >= 0.6 is 12.4 Å². The quantitative estimate of drug-likeness (QED) is 0.461. The van der Waals surface area contributed by atoms with Gasteiger partial charge in [-0.1, -0.05) is 19.1 Å². The number of nitrogens with one attached hydrogen (secondary N) is 3. The summed E-state index contributed by atoms with van der Waals surface area (Å²) >= 11 is 0. The number of urea groups is 1. The third kappa shape index (κ3) is 4.92. The molecule has 1 aliphatic rings. The Labute approximate surface area is 158 Å². The zero-order valence-corrected chi connectivity index (χ0v) is 15.6. The highest BCUT2D eigenvalue weighted by Gasteiger charge is 2.49. The first-order valence-electron chi connectivity index (χ1n) is 8.26. The number of carbonyl (C=O) groups excluding carboxylic acids is 3. The van der Waals surface area contributed by atoms with Crippen LogP contribution in [0.15, 0.2) is 24.3 Å². The first kappa shape index (κ1) is 21.9. The molecule has 0 spiro atoms. The fourth-order valence-electron chi connectivity index (χ4n) is 2.61. The first-order chi connectivity index (χ1) is 11.9. The number of hydrogen-bond acceptors (Lipinski definition) is 4. The average molecular weight is 387 g/mol. The number of hydrogen-bond donors (Lipinski definition) is 3. The van der Waals surface area contributed by atoms with Gasteiger partial charge in [-0.3, -0.25) is 14.5 Å². The van der Waals surface area contributed by atoms with Gasteiger partial charge in [0.25, 0.3) is 5.91 Å². The number of benzene rings is 1. The van der Waals surface area contributed by atoms with Gasteiger partial charge in [0, 0.05) is 13.1 Å². The second-order valence-corrected chi connectivity index (χ2v) is 6.05. The van der Waals surface area contributed by atoms with Crippen LogP contribution in [0.25, 0.3) is 0 Å². The lowest BCUT2D eigenvalue weighted by atomic mass is 9.92. The van der Waals surface area contributed by atoms with E-state index >= 15 is 0 Å². The van der Waals surface area contributed by atoms with Gasteiger partial charge >= 0.3 is 6.03 Å². The summed E-state index contributed by atoms with van der Waals surface area (Å²) in [6.45, 7) is 5.12. The smallest absolute Gasteiger partial charge is 0.325 e. The minimum atomic E-state index is -1.31. The van der Waals surface area contributed by atoms with Gasteiger partial charge in [0.1, 0.15) is 17.9 Å². The lowest BCUT2D eigenvalue weighted by Gasteiger charge is -2.22. The second-order valence-electron chi connectivity index (χ2n) is 6.05. The molecule has 4 amide bonds. The Hall–Kier alpha value is -2.19. The summed E-state index contributed by atoms with van der Waals surface area (Å²) in [7, 11) is 0. The summed E-state index contributed by atoms with van der Waals surface area (Å²) in [4.78, 5) is 37.6. The highest BCUT2D eigenvalue weighted by molar-refractivity contribution is 6.09. The van der Waals surface area contributed by atoms with Gasteiger partial charge in [-0.25, -0.2) is 9.18 Å². The van der Waals surface area contributed by atoms with E-state index < -0.39 is 29.2 Å². The Morgan fingerprint density at radius 2 is 1.85 bits per heavy atom. The number of halogens is 2. The van der Waals surface area contributed by atoms with Crippen molar-refractivity contribution in [1.29, 1.82) is 0 Å². The zero-order chi connectivity index (χ0) is 18.4. The molecule has 1 aromatic rings. The maximum absolute atomic E-state index is 13.1. The molecular weight excluding hydrogens is 363 g/mol. The summed E-state index contributed by atoms with van der Waals surface area (Å²) in [5, 5.41) is 8.37. The van der Waals surface area contributed by atoms with E-state index in [4.69, 9.17) is 0 Å². The molecule has 1 fully saturated rings. The number of amides is 4. The first-order valence-corrected chi connectivity index (χ1v) is 8.26. The summed E-state index contributed by atoms with van der Waals surface area (Å²) in [6, 6.07) is 4.68. The van der Waals surface area contributed by atoms with Gasteiger partial charge in [-0.15, -0.1) is 12.4 Å². The van der Waals surface area contributed by atoms with Crippen LogP contribution in [0.5, 0.6) is 0 Å². The van der Waals surface area contributed by atoms with Crippen LogP contribution < -0.4 is 16.0 Å². The maximum atomic E-state index is 13.1. The van der Waals surface area contributed by atoms with Gasteiger partial charge in [0.05, 0.1) is 0 Å². The predicted octanol–water partition coefficient (Wildman–Crippen LogP) is 1.13. The molecule has 1 atom stereocenters. The van der Waals surface area contributed by atoms with Crippen molar-refractivity contribution in [3.63, 3.8) is 0 Å². The summed E-state index contributed by atoms with van der Waals surface area (Å²) in [5.74, 6) is -1.38. The van der Waals surface area contributed by atoms with Crippen molar-refractivity contribution in [3.8, 4) is 0 Å². The Morgan fingerprint density at radius 1 is 1.19 bits per heavy atom. The lowest BCUT2D eigenvalue weighted by molar-refractivity contribution is -0.134. The van der Waals surface area contributed by atoms with E-state index in [1.54, 1.807) is 0 Å². The van der Waals surface area contributed by atoms with Gasteiger partial charge in [-0.2, -0.15) is 0 Å². The average Bonchev–Trinajstić information content (AvgIpc) is 2.79. The molecule has 9 heteroatoms. The largest absolute Gasteiger partial charge is 0.353 e. The molecule has 1 aromatic carbocycles. The van der Waals surface area contributed by atoms with E-state index in [1.165, 1.54) is 31.2 Å². The SMILES string of the molecule is CCCNCCNC(=O)CN1C(=O)NC(C)(c2ccc(F)cc2)C1=O.Cl.